The number of hydrogen-bond acceptors (Lipinski definition) is 3. The molecular formula is C24H12F27N3O3. The molecule has 0 radical (unpaired) electrons. The van der Waals surface area contributed by atoms with Crippen molar-refractivity contribution in [2.75, 3.05) is 0 Å². The van der Waals surface area contributed by atoms with Crippen molar-refractivity contribution in [3.8, 4) is 0 Å². The first-order valence-electron chi connectivity index (χ1n) is 13.3. The summed E-state index contributed by atoms with van der Waals surface area (Å²) in [7, 11) is 0. The zero-order valence-corrected chi connectivity index (χ0v) is 25.9. The van der Waals surface area contributed by atoms with Gasteiger partial charge in [-0.05, 0) is 18.2 Å². The fraction of sp³-hybridized carbons (Fsp3) is 0.625. The number of hydrogen-bond donors (Lipinski definition) is 0. The molecule has 0 aromatic carbocycles. The van der Waals surface area contributed by atoms with Crippen LogP contribution in [-0.2, 0) is 19.6 Å². The summed E-state index contributed by atoms with van der Waals surface area (Å²) in [5, 5.41) is 0. The third kappa shape index (κ3) is 8.64. The molecule has 330 valence electrons. The molecule has 0 aliphatic heterocycles. The van der Waals surface area contributed by atoms with E-state index in [2.05, 4.69) is 0 Å². The summed E-state index contributed by atoms with van der Waals surface area (Å²) in [6, 6.07) is 0. The van der Waals surface area contributed by atoms with Gasteiger partial charge >= 0.3 is 88.9 Å². The molecule has 1 aromatic heterocycles. The highest BCUT2D eigenvalue weighted by Gasteiger charge is 2.83. The van der Waals surface area contributed by atoms with Crippen LogP contribution in [0.15, 0.2) is 50.8 Å². The van der Waals surface area contributed by atoms with Crippen LogP contribution in [-0.4, -0.2) is 85.5 Å². The number of nitrogens with zero attached hydrogens (tertiary/aromatic N) is 3. The topological polar surface area (TPSA) is 66.0 Å². The maximum Gasteiger partial charge on any atom is 0.460 e. The molecule has 0 spiro atoms. The summed E-state index contributed by atoms with van der Waals surface area (Å²) in [4.78, 5) is 37.9. The normalized spacial score (nSPS) is 15.8. The first kappa shape index (κ1) is 50.8. The molecular weight excluding hydrogens is 891 g/mol. The number of alkyl halides is 27. The van der Waals surface area contributed by atoms with E-state index < -0.39 is 159 Å². The lowest BCUT2D eigenvalue weighted by Gasteiger charge is -2.32. The van der Waals surface area contributed by atoms with Crippen molar-refractivity contribution >= 4 is 0 Å². The molecule has 57 heavy (non-hydrogen) atoms. The van der Waals surface area contributed by atoms with Gasteiger partial charge < -0.3 is 0 Å². The molecule has 0 bridgehead atoms. The third-order valence-corrected chi connectivity index (χ3v) is 6.74. The van der Waals surface area contributed by atoms with Crippen LogP contribution in [0.4, 0.5) is 119 Å². The SMILES string of the molecule is O=c1n(C/C=C/C(F)(F)C(F)(F)C(F)(F)C(F)(F)F)c(=O)n(C/C=C/C(F)(F)C(F)(F)C(F)(F)C(F)(F)F)c(=O)n1C/C=C/C(F)(F)C(F)(F)C(F)(F)C(F)(F)F. The predicted octanol–water partition coefficient (Wildman–Crippen LogP) is 8.24. The summed E-state index contributed by atoms with van der Waals surface area (Å²) in [5.74, 6) is -65.1. The Morgan fingerprint density at radius 1 is 0.298 bits per heavy atom. The minimum Gasteiger partial charge on any atom is -0.247 e. The zero-order chi connectivity index (χ0) is 45.8. The van der Waals surface area contributed by atoms with E-state index in [0.717, 1.165) is 0 Å². The van der Waals surface area contributed by atoms with Crippen LogP contribution < -0.4 is 17.1 Å². The molecule has 0 N–H and O–H groups in total. The number of aromatic nitrogens is 3. The number of halogens is 27. The highest BCUT2D eigenvalue weighted by atomic mass is 19.4. The average molecular weight is 903 g/mol. The van der Waals surface area contributed by atoms with Crippen molar-refractivity contribution in [2.45, 2.75) is 91.5 Å². The molecule has 0 atom stereocenters. The van der Waals surface area contributed by atoms with Gasteiger partial charge in [0, 0.05) is 0 Å². The van der Waals surface area contributed by atoms with E-state index in [0.29, 0.717) is 0 Å². The minimum atomic E-state index is -7.57. The molecule has 0 aliphatic rings. The smallest absolute Gasteiger partial charge is 0.247 e. The Hall–Kier alpha value is -4.26. The largest absolute Gasteiger partial charge is 0.460 e. The Labute approximate surface area is 292 Å². The van der Waals surface area contributed by atoms with Crippen molar-refractivity contribution in [3.63, 3.8) is 0 Å². The van der Waals surface area contributed by atoms with Gasteiger partial charge in [0.25, 0.3) is 0 Å². The molecule has 1 heterocycles. The monoisotopic (exact) mass is 903 g/mol. The van der Waals surface area contributed by atoms with E-state index >= 15 is 0 Å². The highest BCUT2D eigenvalue weighted by Crippen LogP contribution is 2.55. The fourth-order valence-corrected chi connectivity index (χ4v) is 3.55. The van der Waals surface area contributed by atoms with Gasteiger partial charge in [-0.3, -0.25) is 0 Å². The molecule has 0 unspecified atom stereocenters. The van der Waals surface area contributed by atoms with Crippen LogP contribution in [0.5, 0.6) is 0 Å². The van der Waals surface area contributed by atoms with Crippen molar-refractivity contribution in [2.24, 2.45) is 0 Å². The molecule has 1 aromatic rings. The zero-order valence-electron chi connectivity index (χ0n) is 25.9. The predicted molar refractivity (Wildman–Crippen MR) is 129 cm³/mol. The highest BCUT2D eigenvalue weighted by molar-refractivity contribution is 5.13. The molecule has 0 fully saturated rings. The lowest BCUT2D eigenvalue weighted by Crippen LogP contribution is -2.60. The quantitative estimate of drug-likeness (QED) is 0.132. The number of rotatable bonds is 15. The second-order valence-electron chi connectivity index (χ2n) is 10.7. The molecule has 33 heteroatoms. The van der Waals surface area contributed by atoms with Gasteiger partial charge in [0.2, 0.25) is 0 Å². The minimum absolute atomic E-state index is 0.810. The van der Waals surface area contributed by atoms with Gasteiger partial charge in [0.15, 0.2) is 0 Å². The maximum absolute atomic E-state index is 13.8. The van der Waals surface area contributed by atoms with Gasteiger partial charge in [-0.1, -0.05) is 18.2 Å². The Balaban J connectivity index is 3.99. The van der Waals surface area contributed by atoms with Crippen molar-refractivity contribution < 1.29 is 119 Å². The first-order valence-corrected chi connectivity index (χ1v) is 13.3. The van der Waals surface area contributed by atoms with Crippen LogP contribution in [0.2, 0.25) is 0 Å². The summed E-state index contributed by atoms with van der Waals surface area (Å²) in [6.45, 7) is -6.77. The summed E-state index contributed by atoms with van der Waals surface area (Å²) < 4.78 is 351. The Morgan fingerprint density at radius 3 is 0.596 bits per heavy atom. The van der Waals surface area contributed by atoms with Crippen LogP contribution >= 0.6 is 0 Å². The number of allylic oxidation sites excluding steroid dienone is 6. The fourth-order valence-electron chi connectivity index (χ4n) is 3.55. The first-order chi connectivity index (χ1) is 24.8. The lowest BCUT2D eigenvalue weighted by atomic mass is 10.0. The third-order valence-electron chi connectivity index (χ3n) is 6.74. The van der Waals surface area contributed by atoms with Crippen LogP contribution in [0, 0.1) is 0 Å². The van der Waals surface area contributed by atoms with Gasteiger partial charge in [-0.25, -0.2) is 28.1 Å². The van der Waals surface area contributed by atoms with E-state index in [1.807, 2.05) is 0 Å². The van der Waals surface area contributed by atoms with Crippen LogP contribution in [0.1, 0.15) is 0 Å². The van der Waals surface area contributed by atoms with Gasteiger partial charge in [-0.15, -0.1) is 0 Å². The molecule has 1 rings (SSSR count). The molecule has 0 amide bonds. The summed E-state index contributed by atoms with van der Waals surface area (Å²) >= 11 is 0. The summed E-state index contributed by atoms with van der Waals surface area (Å²) in [6.07, 6.45) is -29.5. The van der Waals surface area contributed by atoms with Crippen molar-refractivity contribution in [1.82, 2.24) is 13.7 Å². The van der Waals surface area contributed by atoms with E-state index in [9.17, 15) is 133 Å². The second-order valence-corrected chi connectivity index (χ2v) is 10.7. The van der Waals surface area contributed by atoms with Crippen molar-refractivity contribution in [1.29, 1.82) is 0 Å². The van der Waals surface area contributed by atoms with Crippen LogP contribution in [0.3, 0.4) is 0 Å². The van der Waals surface area contributed by atoms with E-state index in [1.54, 1.807) is 0 Å². The van der Waals surface area contributed by atoms with Gasteiger partial charge in [0.1, 0.15) is 0 Å². The lowest BCUT2D eigenvalue weighted by molar-refractivity contribution is -0.388. The molecule has 0 aliphatic carbocycles. The van der Waals surface area contributed by atoms with Crippen LogP contribution in [0.25, 0.3) is 0 Å². The molecule has 0 saturated carbocycles. The van der Waals surface area contributed by atoms with Gasteiger partial charge in [0.05, 0.1) is 19.6 Å². The second kappa shape index (κ2) is 14.8. The Morgan fingerprint density at radius 2 is 0.456 bits per heavy atom. The maximum atomic E-state index is 13.8. The van der Waals surface area contributed by atoms with E-state index in [4.69, 9.17) is 0 Å². The van der Waals surface area contributed by atoms with E-state index in [1.165, 1.54) is 0 Å². The standard InChI is InChI=1S/C24H12F27N3O3/c25-13(26,16(31,32)19(37,38)22(43,44)45)4-1-7-52-10(55)53(8-2-5-14(27,28)17(33,34)20(39,40)23(46,47)48)12(57)54(11(52)56)9-3-6-15(29,30)18(35,36)21(41,42)24(49,50)51/h1-6H,7-9H2/b4-1+,5-2+,6-3+. The van der Waals surface area contributed by atoms with Gasteiger partial charge in [-0.2, -0.15) is 119 Å². The Kier molecular flexibility index (Phi) is 13.2. The Bertz CT molecular complexity index is 1640. The molecule has 0 saturated heterocycles. The average Bonchev–Trinajstić information content (AvgIpc) is 2.99. The molecule has 6 nitrogen and oxygen atoms in total. The van der Waals surface area contributed by atoms with E-state index in [-0.39, 0.29) is 0 Å². The van der Waals surface area contributed by atoms with Crippen molar-refractivity contribution in [3.05, 3.63) is 67.9 Å². The summed E-state index contributed by atoms with van der Waals surface area (Å²) in [5.41, 5.74) is -7.81.